The minimum Gasteiger partial charge on any atom is -0.486 e. The summed E-state index contributed by atoms with van der Waals surface area (Å²) >= 11 is 0. The van der Waals surface area contributed by atoms with Crippen LogP contribution in [0.1, 0.15) is 48.0 Å². The molecule has 2 fully saturated rings. The van der Waals surface area contributed by atoms with Crippen LogP contribution in [0.5, 0.6) is 11.5 Å². The van der Waals surface area contributed by atoms with E-state index in [1.807, 2.05) is 47.4 Å². The van der Waals surface area contributed by atoms with E-state index < -0.39 is 5.60 Å². The van der Waals surface area contributed by atoms with Gasteiger partial charge in [-0.25, -0.2) is 0 Å². The number of aliphatic hydroxyl groups is 1. The number of carbonyl (C=O) groups is 1. The Morgan fingerprint density at radius 3 is 2.59 bits per heavy atom. The first-order valence-electron chi connectivity index (χ1n) is 10.7. The topological polar surface area (TPSA) is 59.0 Å². The van der Waals surface area contributed by atoms with Crippen molar-refractivity contribution in [1.82, 2.24) is 4.90 Å². The van der Waals surface area contributed by atoms with Crippen LogP contribution in [0.3, 0.4) is 0 Å². The molecule has 1 N–H and O–H groups in total. The number of hydrogen-bond acceptors (Lipinski definition) is 4. The fraction of sp³-hybridized carbons (Fsp3) is 0.458. The van der Waals surface area contributed by atoms with Crippen molar-refractivity contribution < 1.29 is 19.4 Å². The first kappa shape index (κ1) is 18.5. The standard InChI is InChI=1S/C24H27NO4/c26-23(17-10-11-21-22(16-17)29-15-14-28-21)25-13-12-24(27,18-6-2-1-3-7-18)19-8-4-5-9-20(19)25/h1-3,6-7,10-11,16,19-20,27H,4-5,8-9,12-15H2/t19-,20-,24-/m1/s1. The summed E-state index contributed by atoms with van der Waals surface area (Å²) in [4.78, 5) is 15.4. The third kappa shape index (κ3) is 3.18. The van der Waals surface area contributed by atoms with Gasteiger partial charge >= 0.3 is 0 Å². The Morgan fingerprint density at radius 2 is 1.76 bits per heavy atom. The largest absolute Gasteiger partial charge is 0.486 e. The molecule has 3 atom stereocenters. The molecule has 1 saturated carbocycles. The Hall–Kier alpha value is -2.53. The lowest BCUT2D eigenvalue weighted by atomic mass is 9.66. The number of hydrogen-bond donors (Lipinski definition) is 1. The zero-order valence-corrected chi connectivity index (χ0v) is 16.5. The first-order chi connectivity index (χ1) is 14.2. The molecule has 1 amide bonds. The van der Waals surface area contributed by atoms with E-state index in [1.165, 1.54) is 0 Å². The second kappa shape index (κ2) is 7.38. The molecule has 152 valence electrons. The van der Waals surface area contributed by atoms with E-state index in [4.69, 9.17) is 9.47 Å². The third-order valence-electron chi connectivity index (χ3n) is 6.80. The average Bonchev–Trinajstić information content (AvgIpc) is 2.79. The van der Waals surface area contributed by atoms with Gasteiger partial charge in [-0.15, -0.1) is 0 Å². The van der Waals surface area contributed by atoms with Crippen molar-refractivity contribution in [2.45, 2.75) is 43.7 Å². The summed E-state index contributed by atoms with van der Waals surface area (Å²) in [7, 11) is 0. The number of piperidine rings is 1. The van der Waals surface area contributed by atoms with Gasteiger partial charge in [-0.05, 0) is 43.0 Å². The zero-order chi connectivity index (χ0) is 19.8. The van der Waals surface area contributed by atoms with Crippen LogP contribution >= 0.6 is 0 Å². The van der Waals surface area contributed by atoms with Gasteiger partial charge in [0.15, 0.2) is 11.5 Å². The lowest BCUT2D eigenvalue weighted by Crippen LogP contribution is -2.59. The average molecular weight is 393 g/mol. The number of rotatable bonds is 2. The number of amides is 1. The lowest BCUT2D eigenvalue weighted by Gasteiger charge is -2.52. The molecule has 5 rings (SSSR count). The Bertz CT molecular complexity index is 899. The van der Waals surface area contributed by atoms with Crippen molar-refractivity contribution in [3.8, 4) is 11.5 Å². The highest BCUT2D eigenvalue weighted by Crippen LogP contribution is 2.47. The van der Waals surface area contributed by atoms with Crippen LogP contribution in [-0.2, 0) is 5.60 Å². The molecule has 0 unspecified atom stereocenters. The van der Waals surface area contributed by atoms with E-state index in [9.17, 15) is 9.90 Å². The molecule has 0 radical (unpaired) electrons. The van der Waals surface area contributed by atoms with E-state index in [-0.39, 0.29) is 17.9 Å². The van der Waals surface area contributed by atoms with Crippen molar-refractivity contribution in [3.63, 3.8) is 0 Å². The summed E-state index contributed by atoms with van der Waals surface area (Å²) < 4.78 is 11.2. The number of likely N-dealkylation sites (tertiary alicyclic amines) is 1. The summed E-state index contributed by atoms with van der Waals surface area (Å²) in [5.41, 5.74) is 0.739. The number of fused-ring (bicyclic) bond motifs is 2. The molecule has 3 aliphatic rings. The van der Waals surface area contributed by atoms with Gasteiger partial charge in [-0.3, -0.25) is 4.79 Å². The summed E-state index contributed by atoms with van der Waals surface area (Å²) in [5, 5.41) is 11.7. The highest BCUT2D eigenvalue weighted by Gasteiger charge is 2.50. The molecule has 1 saturated heterocycles. The van der Waals surface area contributed by atoms with E-state index >= 15 is 0 Å². The Labute approximate surface area is 171 Å². The Balaban J connectivity index is 1.44. The van der Waals surface area contributed by atoms with Crippen LogP contribution in [-0.4, -0.2) is 41.7 Å². The van der Waals surface area contributed by atoms with E-state index in [2.05, 4.69) is 0 Å². The fourth-order valence-electron chi connectivity index (χ4n) is 5.36. The summed E-state index contributed by atoms with van der Waals surface area (Å²) in [6, 6.07) is 15.5. The van der Waals surface area contributed by atoms with Crippen LogP contribution in [0.15, 0.2) is 48.5 Å². The van der Waals surface area contributed by atoms with Crippen molar-refractivity contribution in [2.24, 2.45) is 5.92 Å². The molecule has 5 heteroatoms. The second-order valence-electron chi connectivity index (χ2n) is 8.36. The minimum atomic E-state index is -0.865. The monoisotopic (exact) mass is 393 g/mol. The molecule has 1 aliphatic carbocycles. The van der Waals surface area contributed by atoms with E-state index in [0.717, 1.165) is 31.2 Å². The van der Waals surface area contributed by atoms with Crippen LogP contribution in [0.2, 0.25) is 0 Å². The molecule has 5 nitrogen and oxygen atoms in total. The van der Waals surface area contributed by atoms with Gasteiger partial charge in [0, 0.05) is 24.1 Å². The van der Waals surface area contributed by atoms with Gasteiger partial charge in [0.2, 0.25) is 0 Å². The first-order valence-corrected chi connectivity index (χ1v) is 10.7. The number of ether oxygens (including phenoxy) is 2. The van der Waals surface area contributed by atoms with Crippen LogP contribution in [0.4, 0.5) is 0 Å². The van der Waals surface area contributed by atoms with Gasteiger partial charge in [-0.1, -0.05) is 43.2 Å². The van der Waals surface area contributed by atoms with Gasteiger partial charge in [-0.2, -0.15) is 0 Å². The highest BCUT2D eigenvalue weighted by molar-refractivity contribution is 5.95. The van der Waals surface area contributed by atoms with Crippen LogP contribution < -0.4 is 9.47 Å². The minimum absolute atomic E-state index is 0.0222. The smallest absolute Gasteiger partial charge is 0.254 e. The zero-order valence-electron chi connectivity index (χ0n) is 16.5. The molecule has 29 heavy (non-hydrogen) atoms. The summed E-state index contributed by atoms with van der Waals surface area (Å²) in [6.07, 6.45) is 4.64. The van der Waals surface area contributed by atoms with Gasteiger partial charge < -0.3 is 19.5 Å². The molecule has 0 bridgehead atoms. The molecule has 0 aromatic heterocycles. The molecule has 2 aliphatic heterocycles. The van der Waals surface area contributed by atoms with Crippen molar-refractivity contribution in [2.75, 3.05) is 19.8 Å². The molecular weight excluding hydrogens is 366 g/mol. The predicted octanol–water partition coefficient (Wildman–Crippen LogP) is 3.75. The Morgan fingerprint density at radius 1 is 1.00 bits per heavy atom. The normalized spacial score (nSPS) is 28.5. The maximum atomic E-state index is 13.4. The van der Waals surface area contributed by atoms with E-state index in [1.54, 1.807) is 6.07 Å². The molecule has 2 aromatic rings. The van der Waals surface area contributed by atoms with Gasteiger partial charge in [0.1, 0.15) is 13.2 Å². The number of carbonyl (C=O) groups excluding carboxylic acids is 1. The van der Waals surface area contributed by atoms with Crippen molar-refractivity contribution in [3.05, 3.63) is 59.7 Å². The van der Waals surface area contributed by atoms with Crippen molar-refractivity contribution in [1.29, 1.82) is 0 Å². The molecule has 2 aromatic carbocycles. The summed E-state index contributed by atoms with van der Waals surface area (Å²) in [5.74, 6) is 1.42. The quantitative estimate of drug-likeness (QED) is 0.844. The predicted molar refractivity (Wildman–Crippen MR) is 109 cm³/mol. The van der Waals surface area contributed by atoms with Crippen LogP contribution in [0.25, 0.3) is 0 Å². The van der Waals surface area contributed by atoms with Crippen molar-refractivity contribution >= 4 is 5.91 Å². The third-order valence-corrected chi connectivity index (χ3v) is 6.80. The maximum absolute atomic E-state index is 13.4. The fourth-order valence-corrected chi connectivity index (χ4v) is 5.36. The second-order valence-corrected chi connectivity index (χ2v) is 8.36. The Kier molecular flexibility index (Phi) is 4.70. The molecule has 2 heterocycles. The molecule has 0 spiro atoms. The highest BCUT2D eigenvalue weighted by atomic mass is 16.6. The summed E-state index contributed by atoms with van der Waals surface area (Å²) in [6.45, 7) is 1.59. The van der Waals surface area contributed by atoms with E-state index in [0.29, 0.717) is 43.2 Å². The SMILES string of the molecule is O=C(c1ccc2c(c1)OCCO2)N1CC[C@@](O)(c2ccccc2)[C@@H]2CCCC[C@H]21. The number of nitrogens with zero attached hydrogens (tertiary/aromatic N) is 1. The number of benzene rings is 2. The molecular formula is C24H27NO4. The van der Waals surface area contributed by atoms with Gasteiger partial charge in [0.05, 0.1) is 5.60 Å². The lowest BCUT2D eigenvalue weighted by molar-refractivity contribution is -0.110. The van der Waals surface area contributed by atoms with Crippen LogP contribution in [0, 0.1) is 5.92 Å². The maximum Gasteiger partial charge on any atom is 0.254 e. The van der Waals surface area contributed by atoms with Gasteiger partial charge in [0.25, 0.3) is 5.91 Å².